The lowest BCUT2D eigenvalue weighted by Gasteiger charge is -2.21. The monoisotopic (exact) mass is 234 g/mol. The molecule has 1 saturated heterocycles. The molecule has 0 aromatic heterocycles. The molecule has 0 amide bonds. The molecule has 0 aliphatic carbocycles. The molecule has 0 saturated carbocycles. The van der Waals surface area contributed by atoms with Gasteiger partial charge >= 0.3 is 0 Å². The van der Waals surface area contributed by atoms with Gasteiger partial charge in [0.2, 0.25) is 0 Å². The zero-order valence-corrected chi connectivity index (χ0v) is 9.74. The summed E-state index contributed by atoms with van der Waals surface area (Å²) < 4.78 is 18.5. The second-order valence-electron chi connectivity index (χ2n) is 4.29. The molecule has 90 valence electrons. The predicted molar refractivity (Wildman–Crippen MR) is 63.2 cm³/mol. The van der Waals surface area contributed by atoms with Gasteiger partial charge in [-0.1, -0.05) is 0 Å². The topological polar surface area (TPSA) is 45.0 Å². The Hall–Kier alpha value is -1.60. The van der Waals surface area contributed by atoms with E-state index < -0.39 is 5.82 Å². The summed E-state index contributed by atoms with van der Waals surface area (Å²) in [5.74, 6) is -0.392. The van der Waals surface area contributed by atoms with Crippen molar-refractivity contribution >= 4 is 5.69 Å². The van der Waals surface area contributed by atoms with Gasteiger partial charge in [-0.05, 0) is 38.0 Å². The fourth-order valence-corrected chi connectivity index (χ4v) is 2.07. The summed E-state index contributed by atoms with van der Waals surface area (Å²) in [7, 11) is 0. The van der Waals surface area contributed by atoms with Gasteiger partial charge in [-0.15, -0.1) is 0 Å². The first-order valence-electron chi connectivity index (χ1n) is 5.78. The van der Waals surface area contributed by atoms with Crippen molar-refractivity contribution < 1.29 is 9.13 Å². The van der Waals surface area contributed by atoms with Gasteiger partial charge in [-0.25, -0.2) is 4.39 Å². The van der Waals surface area contributed by atoms with E-state index in [0.29, 0.717) is 11.3 Å². The van der Waals surface area contributed by atoms with Gasteiger partial charge in [0.1, 0.15) is 11.9 Å². The summed E-state index contributed by atoms with van der Waals surface area (Å²) >= 11 is 0. The number of halogens is 1. The van der Waals surface area contributed by atoms with E-state index in [-0.39, 0.29) is 12.1 Å². The largest absolute Gasteiger partial charge is 0.379 e. The Bertz CT molecular complexity index is 436. The minimum Gasteiger partial charge on any atom is -0.379 e. The van der Waals surface area contributed by atoms with Gasteiger partial charge < -0.3 is 10.1 Å². The number of benzene rings is 1. The smallest absolute Gasteiger partial charge is 0.124 e. The van der Waals surface area contributed by atoms with Gasteiger partial charge in [0.25, 0.3) is 0 Å². The van der Waals surface area contributed by atoms with Crippen LogP contribution in [0.5, 0.6) is 0 Å². The first kappa shape index (κ1) is 11.9. The van der Waals surface area contributed by atoms with Gasteiger partial charge in [-0.3, -0.25) is 0 Å². The third kappa shape index (κ3) is 2.75. The maximum absolute atomic E-state index is 13.0. The lowest BCUT2D eigenvalue weighted by Crippen LogP contribution is -2.30. The highest BCUT2D eigenvalue weighted by molar-refractivity contribution is 5.58. The summed E-state index contributed by atoms with van der Waals surface area (Å²) in [6, 6.07) is 6.30. The molecule has 1 aliphatic rings. The van der Waals surface area contributed by atoms with E-state index in [4.69, 9.17) is 10.00 Å². The average molecular weight is 234 g/mol. The van der Waals surface area contributed by atoms with Crippen LogP contribution < -0.4 is 5.32 Å². The molecule has 2 unspecified atom stereocenters. The standard InChI is InChI=1S/C13H15FN2O/c1-9(13-3-2-6-17-13)16-12-5-4-11(14)7-10(12)8-15/h4-5,7,9,13,16H,2-3,6H2,1H3. The van der Waals surface area contributed by atoms with Crippen LogP contribution >= 0.6 is 0 Å². The molecule has 1 aromatic rings. The van der Waals surface area contributed by atoms with Gasteiger partial charge in [-0.2, -0.15) is 5.26 Å². The second-order valence-corrected chi connectivity index (χ2v) is 4.29. The zero-order chi connectivity index (χ0) is 12.3. The number of nitrogens with zero attached hydrogens (tertiary/aromatic N) is 1. The minimum atomic E-state index is -0.392. The van der Waals surface area contributed by atoms with Crippen LogP contribution in [0, 0.1) is 17.1 Å². The van der Waals surface area contributed by atoms with Crippen LogP contribution in [0.15, 0.2) is 18.2 Å². The van der Waals surface area contributed by atoms with Gasteiger partial charge in [0, 0.05) is 12.6 Å². The lowest BCUT2D eigenvalue weighted by molar-refractivity contribution is 0.0996. The summed E-state index contributed by atoms with van der Waals surface area (Å²) in [4.78, 5) is 0. The minimum absolute atomic E-state index is 0.120. The van der Waals surface area contributed by atoms with E-state index in [1.165, 1.54) is 12.1 Å². The van der Waals surface area contributed by atoms with Crippen LogP contribution in [0.2, 0.25) is 0 Å². The third-order valence-corrected chi connectivity index (χ3v) is 3.01. The normalized spacial score (nSPS) is 20.9. The number of anilines is 1. The Morgan fingerprint density at radius 1 is 1.59 bits per heavy atom. The van der Waals surface area contributed by atoms with Crippen molar-refractivity contribution in [2.75, 3.05) is 11.9 Å². The van der Waals surface area contributed by atoms with Crippen molar-refractivity contribution in [1.29, 1.82) is 5.26 Å². The number of nitrogens with one attached hydrogen (secondary N) is 1. The maximum Gasteiger partial charge on any atom is 0.124 e. The summed E-state index contributed by atoms with van der Waals surface area (Å²) in [5, 5.41) is 12.1. The van der Waals surface area contributed by atoms with E-state index in [1.807, 2.05) is 13.0 Å². The predicted octanol–water partition coefficient (Wildman–Crippen LogP) is 2.68. The Kier molecular flexibility index (Phi) is 3.60. The molecular formula is C13H15FN2O. The number of hydrogen-bond donors (Lipinski definition) is 1. The summed E-state index contributed by atoms with van der Waals surface area (Å²) in [6.45, 7) is 2.81. The van der Waals surface area contributed by atoms with Crippen molar-refractivity contribution in [1.82, 2.24) is 0 Å². The molecule has 1 fully saturated rings. The molecule has 0 radical (unpaired) electrons. The van der Waals surface area contributed by atoms with E-state index in [9.17, 15) is 4.39 Å². The van der Waals surface area contributed by atoms with Crippen molar-refractivity contribution in [2.24, 2.45) is 0 Å². The highest BCUT2D eigenvalue weighted by Gasteiger charge is 2.22. The molecule has 0 bridgehead atoms. The average Bonchev–Trinajstić information content (AvgIpc) is 2.85. The number of hydrogen-bond acceptors (Lipinski definition) is 3. The van der Waals surface area contributed by atoms with Crippen LogP contribution in [0.1, 0.15) is 25.3 Å². The van der Waals surface area contributed by atoms with Crippen LogP contribution in [-0.4, -0.2) is 18.8 Å². The fraction of sp³-hybridized carbons (Fsp3) is 0.462. The Morgan fingerprint density at radius 2 is 2.41 bits per heavy atom. The summed E-state index contributed by atoms with van der Waals surface area (Å²) in [6.07, 6.45) is 2.27. The van der Waals surface area contributed by atoms with Crippen LogP contribution in [0.4, 0.5) is 10.1 Å². The molecule has 4 heteroatoms. The Labute approximate surface area is 100 Å². The molecule has 17 heavy (non-hydrogen) atoms. The Balaban J connectivity index is 2.10. The quantitative estimate of drug-likeness (QED) is 0.874. The number of ether oxygens (including phenoxy) is 1. The van der Waals surface area contributed by atoms with Crippen molar-refractivity contribution in [3.63, 3.8) is 0 Å². The molecule has 1 N–H and O–H groups in total. The zero-order valence-electron chi connectivity index (χ0n) is 9.74. The van der Waals surface area contributed by atoms with E-state index in [2.05, 4.69) is 5.32 Å². The van der Waals surface area contributed by atoms with Crippen molar-refractivity contribution in [3.05, 3.63) is 29.6 Å². The number of nitriles is 1. The van der Waals surface area contributed by atoms with Crippen molar-refractivity contribution in [3.8, 4) is 6.07 Å². The van der Waals surface area contributed by atoms with Crippen LogP contribution in [0.3, 0.4) is 0 Å². The van der Waals surface area contributed by atoms with E-state index in [1.54, 1.807) is 6.07 Å². The molecule has 3 nitrogen and oxygen atoms in total. The third-order valence-electron chi connectivity index (χ3n) is 3.01. The van der Waals surface area contributed by atoms with Gasteiger partial charge in [0.15, 0.2) is 0 Å². The SMILES string of the molecule is CC(Nc1ccc(F)cc1C#N)C1CCCO1. The molecule has 1 heterocycles. The summed E-state index contributed by atoms with van der Waals surface area (Å²) in [5.41, 5.74) is 0.992. The lowest BCUT2D eigenvalue weighted by atomic mass is 10.1. The van der Waals surface area contributed by atoms with Crippen LogP contribution in [0.25, 0.3) is 0 Å². The number of rotatable bonds is 3. The first-order valence-corrected chi connectivity index (χ1v) is 5.78. The molecule has 0 spiro atoms. The second kappa shape index (κ2) is 5.15. The highest BCUT2D eigenvalue weighted by Crippen LogP contribution is 2.21. The van der Waals surface area contributed by atoms with E-state index in [0.717, 1.165) is 19.4 Å². The van der Waals surface area contributed by atoms with Crippen molar-refractivity contribution in [2.45, 2.75) is 31.9 Å². The van der Waals surface area contributed by atoms with E-state index >= 15 is 0 Å². The fourth-order valence-electron chi connectivity index (χ4n) is 2.07. The molecule has 2 atom stereocenters. The maximum atomic E-state index is 13.0. The molecule has 1 aliphatic heterocycles. The molecule has 1 aromatic carbocycles. The molecular weight excluding hydrogens is 219 g/mol. The van der Waals surface area contributed by atoms with Gasteiger partial charge in [0.05, 0.1) is 17.4 Å². The Morgan fingerprint density at radius 3 is 3.06 bits per heavy atom. The molecule has 2 rings (SSSR count). The van der Waals surface area contributed by atoms with Crippen LogP contribution in [-0.2, 0) is 4.74 Å². The highest BCUT2D eigenvalue weighted by atomic mass is 19.1. The first-order chi connectivity index (χ1) is 8.20.